The molecule has 0 aromatic rings. The summed E-state index contributed by atoms with van der Waals surface area (Å²) < 4.78 is 16.1. The monoisotopic (exact) mass is 233 g/mol. The fraction of sp³-hybridized carbons (Fsp3) is 1.00. The third-order valence-electron chi connectivity index (χ3n) is 2.26. The lowest BCUT2D eigenvalue weighted by molar-refractivity contribution is -0.000845. The molecule has 0 radical (unpaired) electrons. The van der Waals surface area contributed by atoms with Crippen molar-refractivity contribution in [3.05, 3.63) is 0 Å². The van der Waals surface area contributed by atoms with E-state index < -0.39 is 0 Å². The molecule has 0 aromatic carbocycles. The van der Waals surface area contributed by atoms with Crippen molar-refractivity contribution in [3.63, 3.8) is 0 Å². The van der Waals surface area contributed by atoms with E-state index in [0.717, 1.165) is 39.0 Å². The van der Waals surface area contributed by atoms with Gasteiger partial charge in [-0.2, -0.15) is 0 Å². The van der Waals surface area contributed by atoms with Crippen molar-refractivity contribution in [2.24, 2.45) is 0 Å². The average molecular weight is 233 g/mol. The Morgan fingerprint density at radius 3 is 2.56 bits per heavy atom. The van der Waals surface area contributed by atoms with Crippen LogP contribution in [0.2, 0.25) is 0 Å². The van der Waals surface area contributed by atoms with E-state index in [-0.39, 0.29) is 0 Å². The standard InChI is InChI=1S/C12H27NO3/c1-4-6-12(11-13-2)16-10-9-15-8-5-7-14-3/h12-13H,4-11H2,1-3H3. The second kappa shape index (κ2) is 12.9. The predicted molar refractivity (Wildman–Crippen MR) is 65.9 cm³/mol. The van der Waals surface area contributed by atoms with Crippen LogP contribution in [0.25, 0.3) is 0 Å². The number of nitrogens with one attached hydrogen (secondary N) is 1. The van der Waals surface area contributed by atoms with Gasteiger partial charge in [-0.15, -0.1) is 0 Å². The molecule has 0 aromatic heterocycles. The summed E-state index contributed by atoms with van der Waals surface area (Å²) in [5.41, 5.74) is 0. The first kappa shape index (κ1) is 15.8. The van der Waals surface area contributed by atoms with E-state index in [1.165, 1.54) is 0 Å². The van der Waals surface area contributed by atoms with Gasteiger partial charge >= 0.3 is 0 Å². The molecule has 0 aliphatic heterocycles. The summed E-state index contributed by atoms with van der Waals surface area (Å²) in [6, 6.07) is 0. The van der Waals surface area contributed by atoms with Crippen LogP contribution in [0.4, 0.5) is 0 Å². The largest absolute Gasteiger partial charge is 0.385 e. The highest BCUT2D eigenvalue weighted by Crippen LogP contribution is 2.00. The van der Waals surface area contributed by atoms with Gasteiger partial charge in [-0.05, 0) is 19.9 Å². The molecule has 0 aliphatic rings. The predicted octanol–water partition coefficient (Wildman–Crippen LogP) is 1.44. The van der Waals surface area contributed by atoms with E-state index in [1.807, 2.05) is 7.05 Å². The van der Waals surface area contributed by atoms with Crippen LogP contribution < -0.4 is 5.32 Å². The van der Waals surface area contributed by atoms with Crippen molar-refractivity contribution in [2.75, 3.05) is 47.1 Å². The Bertz CT molecular complexity index is 127. The van der Waals surface area contributed by atoms with Gasteiger partial charge in [-0.25, -0.2) is 0 Å². The third kappa shape index (κ3) is 10.4. The Morgan fingerprint density at radius 1 is 1.12 bits per heavy atom. The highest BCUT2D eigenvalue weighted by atomic mass is 16.5. The summed E-state index contributed by atoms with van der Waals surface area (Å²) in [5, 5.41) is 3.14. The van der Waals surface area contributed by atoms with Gasteiger partial charge in [0, 0.05) is 26.9 Å². The van der Waals surface area contributed by atoms with Crippen molar-refractivity contribution in [2.45, 2.75) is 32.3 Å². The van der Waals surface area contributed by atoms with Crippen LogP contribution in [0, 0.1) is 0 Å². The molecule has 1 atom stereocenters. The van der Waals surface area contributed by atoms with Crippen molar-refractivity contribution >= 4 is 0 Å². The van der Waals surface area contributed by atoms with Crippen LogP contribution in [0.15, 0.2) is 0 Å². The molecule has 0 heterocycles. The molecule has 0 bridgehead atoms. The van der Waals surface area contributed by atoms with Crippen molar-refractivity contribution in [1.82, 2.24) is 5.32 Å². The zero-order chi connectivity index (χ0) is 12.1. The van der Waals surface area contributed by atoms with Crippen LogP contribution in [-0.4, -0.2) is 53.2 Å². The molecule has 0 fully saturated rings. The minimum absolute atomic E-state index is 0.317. The van der Waals surface area contributed by atoms with Gasteiger partial charge in [0.15, 0.2) is 0 Å². The molecule has 1 N–H and O–H groups in total. The van der Waals surface area contributed by atoms with Gasteiger partial charge in [0.25, 0.3) is 0 Å². The smallest absolute Gasteiger partial charge is 0.0704 e. The Labute approximate surface area is 99.6 Å². The number of hydrogen-bond donors (Lipinski definition) is 1. The first-order valence-corrected chi connectivity index (χ1v) is 6.18. The molecule has 4 heteroatoms. The van der Waals surface area contributed by atoms with Crippen molar-refractivity contribution in [3.8, 4) is 0 Å². The quantitative estimate of drug-likeness (QED) is 0.518. The number of methoxy groups -OCH3 is 1. The maximum atomic E-state index is 5.71. The minimum atomic E-state index is 0.317. The van der Waals surface area contributed by atoms with Crippen molar-refractivity contribution in [1.29, 1.82) is 0 Å². The number of hydrogen-bond acceptors (Lipinski definition) is 4. The summed E-state index contributed by atoms with van der Waals surface area (Å²) in [5.74, 6) is 0. The molecule has 16 heavy (non-hydrogen) atoms. The molecule has 4 nitrogen and oxygen atoms in total. The third-order valence-corrected chi connectivity index (χ3v) is 2.26. The molecule has 0 saturated heterocycles. The Balaban J connectivity index is 3.25. The lowest BCUT2D eigenvalue weighted by Crippen LogP contribution is -2.27. The summed E-state index contributed by atoms with van der Waals surface area (Å²) in [4.78, 5) is 0. The molecule has 0 saturated carbocycles. The number of likely N-dealkylation sites (N-methyl/N-ethyl adjacent to an activating group) is 1. The first-order valence-electron chi connectivity index (χ1n) is 6.18. The lowest BCUT2D eigenvalue weighted by atomic mass is 10.2. The van der Waals surface area contributed by atoms with E-state index >= 15 is 0 Å². The van der Waals surface area contributed by atoms with E-state index in [1.54, 1.807) is 7.11 Å². The summed E-state index contributed by atoms with van der Waals surface area (Å²) in [7, 11) is 3.66. The van der Waals surface area contributed by atoms with Crippen LogP contribution in [0.1, 0.15) is 26.2 Å². The maximum absolute atomic E-state index is 5.71. The van der Waals surface area contributed by atoms with Gasteiger partial charge in [0.05, 0.1) is 19.3 Å². The minimum Gasteiger partial charge on any atom is -0.385 e. The van der Waals surface area contributed by atoms with E-state index in [2.05, 4.69) is 12.2 Å². The molecule has 0 amide bonds. The highest BCUT2D eigenvalue weighted by molar-refractivity contribution is 4.59. The average Bonchev–Trinajstić information content (AvgIpc) is 2.28. The van der Waals surface area contributed by atoms with Gasteiger partial charge in [-0.1, -0.05) is 13.3 Å². The second-order valence-corrected chi connectivity index (χ2v) is 3.80. The van der Waals surface area contributed by atoms with Crippen LogP contribution in [-0.2, 0) is 14.2 Å². The fourth-order valence-electron chi connectivity index (χ4n) is 1.48. The normalized spacial score (nSPS) is 12.9. The highest BCUT2D eigenvalue weighted by Gasteiger charge is 2.05. The SMILES string of the molecule is CCCC(CNC)OCCOCCCOC. The first-order chi connectivity index (χ1) is 7.85. The fourth-order valence-corrected chi connectivity index (χ4v) is 1.48. The summed E-state index contributed by atoms with van der Waals surface area (Å²) in [6.07, 6.45) is 3.52. The van der Waals surface area contributed by atoms with Gasteiger partial charge < -0.3 is 19.5 Å². The van der Waals surface area contributed by atoms with Crippen molar-refractivity contribution < 1.29 is 14.2 Å². The van der Waals surface area contributed by atoms with Gasteiger partial charge in [0.1, 0.15) is 0 Å². The van der Waals surface area contributed by atoms with E-state index in [4.69, 9.17) is 14.2 Å². The lowest BCUT2D eigenvalue weighted by Gasteiger charge is -2.16. The molecule has 98 valence electrons. The Hall–Kier alpha value is -0.160. The summed E-state index contributed by atoms with van der Waals surface area (Å²) in [6.45, 7) is 5.96. The molecule has 0 rings (SSSR count). The molecule has 0 aliphatic carbocycles. The molecule has 1 unspecified atom stereocenters. The molecule has 0 spiro atoms. The van der Waals surface area contributed by atoms with Gasteiger partial charge in [0.2, 0.25) is 0 Å². The van der Waals surface area contributed by atoms with E-state index in [0.29, 0.717) is 19.3 Å². The van der Waals surface area contributed by atoms with E-state index in [9.17, 15) is 0 Å². The van der Waals surface area contributed by atoms with Crippen LogP contribution >= 0.6 is 0 Å². The number of ether oxygens (including phenoxy) is 3. The molecular weight excluding hydrogens is 206 g/mol. The zero-order valence-electron chi connectivity index (χ0n) is 11.0. The maximum Gasteiger partial charge on any atom is 0.0704 e. The molecular formula is C12H27NO3. The Morgan fingerprint density at radius 2 is 1.94 bits per heavy atom. The topological polar surface area (TPSA) is 39.7 Å². The van der Waals surface area contributed by atoms with Crippen LogP contribution in [0.3, 0.4) is 0 Å². The summed E-state index contributed by atoms with van der Waals surface area (Å²) >= 11 is 0. The number of rotatable bonds is 12. The zero-order valence-corrected chi connectivity index (χ0v) is 11.0. The second-order valence-electron chi connectivity index (χ2n) is 3.80. The van der Waals surface area contributed by atoms with Gasteiger partial charge in [-0.3, -0.25) is 0 Å². The van der Waals surface area contributed by atoms with Crippen LogP contribution in [0.5, 0.6) is 0 Å². The Kier molecular flexibility index (Phi) is 12.8.